The fraction of sp³-hybridized carbons (Fsp3) is 0.200. The van der Waals surface area contributed by atoms with Crippen molar-refractivity contribution in [3.05, 3.63) is 35.9 Å². The highest BCUT2D eigenvalue weighted by Crippen LogP contribution is 2.05. The number of carbonyl (C=O) groups excluding carboxylic acids is 1. The molecule has 0 N–H and O–H groups in total. The lowest BCUT2D eigenvalue weighted by atomic mass is 10.2. The molecule has 0 bridgehead atoms. The summed E-state index contributed by atoms with van der Waals surface area (Å²) in [6.45, 7) is 1.42. The first-order valence-corrected chi connectivity index (χ1v) is 4.24. The van der Waals surface area contributed by atoms with Gasteiger partial charge in [-0.3, -0.25) is 14.7 Å². The van der Waals surface area contributed by atoms with E-state index in [0.29, 0.717) is 6.54 Å². The molecule has 1 amide bonds. The first-order chi connectivity index (χ1) is 6.38. The van der Waals surface area contributed by atoms with Crippen LogP contribution in [-0.4, -0.2) is 30.2 Å². The van der Waals surface area contributed by atoms with Gasteiger partial charge in [-0.1, -0.05) is 18.2 Å². The smallest absolute Gasteiger partial charge is 0.259 e. The van der Waals surface area contributed by atoms with E-state index in [1.54, 1.807) is 11.2 Å². The molecule has 1 aliphatic heterocycles. The van der Waals surface area contributed by atoms with Gasteiger partial charge < -0.3 is 0 Å². The summed E-state index contributed by atoms with van der Waals surface area (Å²) in [4.78, 5) is 17.3. The van der Waals surface area contributed by atoms with Crippen molar-refractivity contribution in [3.63, 3.8) is 0 Å². The van der Waals surface area contributed by atoms with Gasteiger partial charge in [0, 0.05) is 12.1 Å². The third kappa shape index (κ3) is 2.12. The summed E-state index contributed by atoms with van der Waals surface area (Å²) in [5, 5.41) is 0. The Bertz CT molecular complexity index is 337. The quantitative estimate of drug-likeness (QED) is 0.693. The lowest BCUT2D eigenvalue weighted by Crippen LogP contribution is -2.27. The van der Waals surface area contributed by atoms with Crippen molar-refractivity contribution in [3.8, 4) is 0 Å². The molecule has 0 saturated heterocycles. The van der Waals surface area contributed by atoms with Crippen molar-refractivity contribution in [2.45, 2.75) is 0 Å². The van der Waals surface area contributed by atoms with E-state index in [0.717, 1.165) is 12.1 Å². The van der Waals surface area contributed by atoms with E-state index < -0.39 is 0 Å². The third-order valence-corrected chi connectivity index (χ3v) is 1.97. The number of aliphatic imine (C=N–C) groups is 1. The second-order valence-electron chi connectivity index (χ2n) is 2.89. The SMILES string of the molecule is Cl.O=C(c1ccccc1)N1C=NCC1. The topological polar surface area (TPSA) is 32.7 Å². The number of hydrogen-bond donors (Lipinski definition) is 0. The van der Waals surface area contributed by atoms with Gasteiger partial charge in [-0.25, -0.2) is 0 Å². The molecule has 0 unspecified atom stereocenters. The van der Waals surface area contributed by atoms with E-state index in [9.17, 15) is 4.79 Å². The van der Waals surface area contributed by atoms with Crippen LogP contribution in [0.1, 0.15) is 10.4 Å². The van der Waals surface area contributed by atoms with E-state index in [-0.39, 0.29) is 18.3 Å². The number of hydrogen-bond acceptors (Lipinski definition) is 2. The first kappa shape index (κ1) is 10.7. The second kappa shape index (κ2) is 4.77. The minimum absolute atomic E-state index is 0. The fourth-order valence-electron chi connectivity index (χ4n) is 1.28. The Labute approximate surface area is 88.9 Å². The highest BCUT2D eigenvalue weighted by molar-refractivity contribution is 6.01. The minimum Gasteiger partial charge on any atom is -0.297 e. The number of amides is 1. The van der Waals surface area contributed by atoms with E-state index in [1.807, 2.05) is 30.3 Å². The van der Waals surface area contributed by atoms with E-state index in [2.05, 4.69) is 4.99 Å². The van der Waals surface area contributed by atoms with Crippen molar-refractivity contribution in [1.29, 1.82) is 0 Å². The van der Waals surface area contributed by atoms with Crippen LogP contribution in [0.25, 0.3) is 0 Å². The van der Waals surface area contributed by atoms with Gasteiger partial charge >= 0.3 is 0 Å². The van der Waals surface area contributed by atoms with Crippen molar-refractivity contribution < 1.29 is 4.79 Å². The normalized spacial score (nSPS) is 13.9. The summed E-state index contributed by atoms with van der Waals surface area (Å²) < 4.78 is 0. The average molecular weight is 211 g/mol. The van der Waals surface area contributed by atoms with Gasteiger partial charge in [-0.05, 0) is 12.1 Å². The first-order valence-electron chi connectivity index (χ1n) is 4.24. The number of nitrogens with zero attached hydrogens (tertiary/aromatic N) is 2. The van der Waals surface area contributed by atoms with Gasteiger partial charge in [-0.15, -0.1) is 12.4 Å². The maximum atomic E-state index is 11.7. The van der Waals surface area contributed by atoms with E-state index >= 15 is 0 Å². The Morgan fingerprint density at radius 1 is 1.29 bits per heavy atom. The monoisotopic (exact) mass is 210 g/mol. The predicted octanol–water partition coefficient (Wildman–Crippen LogP) is 1.59. The molecule has 1 heterocycles. The van der Waals surface area contributed by atoms with Gasteiger partial charge in [0.25, 0.3) is 5.91 Å². The molecule has 0 saturated carbocycles. The van der Waals surface area contributed by atoms with Crippen molar-refractivity contribution >= 4 is 24.7 Å². The predicted molar refractivity (Wildman–Crippen MR) is 58.1 cm³/mol. The Morgan fingerprint density at radius 3 is 2.57 bits per heavy atom. The van der Waals surface area contributed by atoms with Gasteiger partial charge in [-0.2, -0.15) is 0 Å². The number of carbonyl (C=O) groups is 1. The molecule has 3 nitrogen and oxygen atoms in total. The summed E-state index contributed by atoms with van der Waals surface area (Å²) >= 11 is 0. The zero-order valence-corrected chi connectivity index (χ0v) is 8.41. The van der Waals surface area contributed by atoms with Crippen LogP contribution in [-0.2, 0) is 0 Å². The lowest BCUT2D eigenvalue weighted by molar-refractivity contribution is 0.0862. The van der Waals surface area contributed by atoms with Crippen LogP contribution in [0, 0.1) is 0 Å². The molecule has 2 rings (SSSR count). The van der Waals surface area contributed by atoms with Crippen LogP contribution in [0.15, 0.2) is 35.3 Å². The number of benzene rings is 1. The molecule has 0 aromatic heterocycles. The summed E-state index contributed by atoms with van der Waals surface area (Å²) in [5.74, 6) is 0.0295. The van der Waals surface area contributed by atoms with Crippen LogP contribution in [0.4, 0.5) is 0 Å². The fourth-order valence-corrected chi connectivity index (χ4v) is 1.28. The summed E-state index contributed by atoms with van der Waals surface area (Å²) in [7, 11) is 0. The van der Waals surface area contributed by atoms with E-state index in [4.69, 9.17) is 0 Å². The molecule has 1 aromatic carbocycles. The van der Waals surface area contributed by atoms with Crippen molar-refractivity contribution in [1.82, 2.24) is 4.90 Å². The molecule has 14 heavy (non-hydrogen) atoms. The molecular formula is C10H11ClN2O. The van der Waals surface area contributed by atoms with Gasteiger partial charge in [0.05, 0.1) is 12.9 Å². The molecule has 0 aliphatic carbocycles. The lowest BCUT2D eigenvalue weighted by Gasteiger charge is -2.10. The Morgan fingerprint density at radius 2 is 2.00 bits per heavy atom. The standard InChI is InChI=1S/C10H10N2O.ClH/c13-10(12-7-6-11-8-12)9-4-2-1-3-5-9;/h1-5,8H,6-7H2;1H. The summed E-state index contributed by atoms with van der Waals surface area (Å²) in [5.41, 5.74) is 0.718. The Hall–Kier alpha value is -1.35. The minimum atomic E-state index is 0. The van der Waals surface area contributed by atoms with Crippen molar-refractivity contribution in [2.24, 2.45) is 4.99 Å². The molecule has 0 atom stereocenters. The largest absolute Gasteiger partial charge is 0.297 e. The summed E-state index contributed by atoms with van der Waals surface area (Å²) in [6.07, 6.45) is 1.61. The molecule has 1 aromatic rings. The maximum absolute atomic E-state index is 11.7. The molecular weight excluding hydrogens is 200 g/mol. The van der Waals surface area contributed by atoms with Crippen LogP contribution in [0.5, 0.6) is 0 Å². The molecule has 4 heteroatoms. The van der Waals surface area contributed by atoms with Crippen LogP contribution >= 0.6 is 12.4 Å². The Kier molecular flexibility index (Phi) is 3.65. The van der Waals surface area contributed by atoms with Gasteiger partial charge in [0.2, 0.25) is 0 Å². The van der Waals surface area contributed by atoms with Crippen LogP contribution < -0.4 is 0 Å². The molecule has 0 spiro atoms. The highest BCUT2D eigenvalue weighted by Gasteiger charge is 2.15. The molecule has 74 valence electrons. The van der Waals surface area contributed by atoms with E-state index in [1.165, 1.54) is 0 Å². The molecule has 0 radical (unpaired) electrons. The summed E-state index contributed by atoms with van der Waals surface area (Å²) in [6, 6.07) is 9.25. The maximum Gasteiger partial charge on any atom is 0.259 e. The highest BCUT2D eigenvalue weighted by atomic mass is 35.5. The zero-order valence-electron chi connectivity index (χ0n) is 7.59. The number of rotatable bonds is 1. The van der Waals surface area contributed by atoms with Crippen LogP contribution in [0.3, 0.4) is 0 Å². The van der Waals surface area contributed by atoms with Crippen molar-refractivity contribution in [2.75, 3.05) is 13.1 Å². The molecule has 1 aliphatic rings. The van der Waals surface area contributed by atoms with Gasteiger partial charge in [0.15, 0.2) is 0 Å². The van der Waals surface area contributed by atoms with Gasteiger partial charge in [0.1, 0.15) is 0 Å². The number of halogens is 1. The zero-order chi connectivity index (χ0) is 9.10. The van der Waals surface area contributed by atoms with Crippen LogP contribution in [0.2, 0.25) is 0 Å². The average Bonchev–Trinajstić information content (AvgIpc) is 2.71. The molecule has 0 fully saturated rings. The third-order valence-electron chi connectivity index (χ3n) is 1.97. The Balaban J connectivity index is 0.000000980. The second-order valence-corrected chi connectivity index (χ2v) is 2.89.